The van der Waals surface area contributed by atoms with Gasteiger partial charge in [0, 0.05) is 12.6 Å². The van der Waals surface area contributed by atoms with Crippen LogP contribution in [0, 0.1) is 5.92 Å². The molecule has 1 amide bonds. The third-order valence-corrected chi connectivity index (χ3v) is 3.57. The van der Waals surface area contributed by atoms with Gasteiger partial charge in [0.25, 0.3) is 0 Å². The van der Waals surface area contributed by atoms with E-state index in [1.165, 1.54) is 0 Å². The molecule has 0 saturated carbocycles. The van der Waals surface area contributed by atoms with Crippen molar-refractivity contribution in [3.63, 3.8) is 0 Å². The number of hydrogen-bond donors (Lipinski definition) is 1. The highest BCUT2D eigenvalue weighted by molar-refractivity contribution is 5.68. The van der Waals surface area contributed by atoms with Crippen LogP contribution >= 0.6 is 0 Å². The van der Waals surface area contributed by atoms with Crippen LogP contribution in [0.15, 0.2) is 0 Å². The maximum absolute atomic E-state index is 12.1. The smallest absolute Gasteiger partial charge is 0.410 e. The molecule has 0 radical (unpaired) electrons. The minimum Gasteiger partial charge on any atom is -0.444 e. The third-order valence-electron chi connectivity index (χ3n) is 3.57. The van der Waals surface area contributed by atoms with Gasteiger partial charge in [-0.3, -0.25) is 0 Å². The number of carbonyl (C=O) groups excluding carboxylic acids is 1. The first-order chi connectivity index (χ1) is 8.70. The van der Waals surface area contributed by atoms with Crippen molar-refractivity contribution in [3.05, 3.63) is 0 Å². The summed E-state index contributed by atoms with van der Waals surface area (Å²) in [5.74, 6) is 0.274. The zero-order valence-corrected chi connectivity index (χ0v) is 13.0. The first-order valence-corrected chi connectivity index (χ1v) is 7.38. The highest BCUT2D eigenvalue weighted by atomic mass is 16.6. The zero-order chi connectivity index (χ0) is 14.6. The quantitative estimate of drug-likeness (QED) is 0.854. The van der Waals surface area contributed by atoms with Crippen molar-refractivity contribution in [1.82, 2.24) is 4.90 Å². The lowest BCUT2D eigenvalue weighted by Crippen LogP contribution is -2.40. The third kappa shape index (κ3) is 5.39. The maximum Gasteiger partial charge on any atom is 0.410 e. The number of aliphatic hydroxyl groups excluding tert-OH is 1. The van der Waals surface area contributed by atoms with E-state index in [1.807, 2.05) is 39.5 Å². The summed E-state index contributed by atoms with van der Waals surface area (Å²) in [6.45, 7) is 10.5. The van der Waals surface area contributed by atoms with Gasteiger partial charge in [0.1, 0.15) is 5.60 Å². The molecule has 4 heteroatoms. The van der Waals surface area contributed by atoms with Crippen molar-refractivity contribution < 1.29 is 14.6 Å². The summed E-state index contributed by atoms with van der Waals surface area (Å²) in [5, 5.41) is 9.86. The van der Waals surface area contributed by atoms with Gasteiger partial charge >= 0.3 is 6.09 Å². The predicted octanol–water partition coefficient (Wildman–Crippen LogP) is 3.18. The maximum atomic E-state index is 12.1. The molecule has 1 fully saturated rings. The van der Waals surface area contributed by atoms with Gasteiger partial charge in [0.15, 0.2) is 0 Å². The lowest BCUT2D eigenvalue weighted by Gasteiger charge is -2.29. The van der Waals surface area contributed by atoms with Gasteiger partial charge in [-0.05, 0) is 52.4 Å². The van der Waals surface area contributed by atoms with Crippen molar-refractivity contribution in [2.75, 3.05) is 6.54 Å². The van der Waals surface area contributed by atoms with Crippen LogP contribution in [0.4, 0.5) is 4.79 Å². The Hall–Kier alpha value is -0.770. The molecule has 1 N–H and O–H groups in total. The van der Waals surface area contributed by atoms with Crippen LogP contribution in [-0.2, 0) is 4.74 Å². The summed E-state index contributed by atoms with van der Waals surface area (Å²) in [7, 11) is 0. The van der Waals surface area contributed by atoms with Crippen molar-refractivity contribution in [3.8, 4) is 0 Å². The Balaban J connectivity index is 2.47. The average molecular weight is 271 g/mol. The Morgan fingerprint density at radius 2 is 2.05 bits per heavy atom. The first kappa shape index (κ1) is 16.3. The number of nitrogens with zero attached hydrogens (tertiary/aromatic N) is 1. The summed E-state index contributed by atoms with van der Waals surface area (Å²) >= 11 is 0. The molecule has 1 aliphatic rings. The number of amides is 1. The van der Waals surface area contributed by atoms with E-state index in [0.29, 0.717) is 0 Å². The number of aliphatic hydroxyl groups is 1. The molecule has 1 aliphatic heterocycles. The Labute approximate surface area is 117 Å². The molecule has 0 unspecified atom stereocenters. The van der Waals surface area contributed by atoms with Crippen molar-refractivity contribution >= 4 is 6.09 Å². The van der Waals surface area contributed by atoms with Crippen LogP contribution < -0.4 is 0 Å². The van der Waals surface area contributed by atoms with E-state index in [9.17, 15) is 9.90 Å². The second kappa shape index (κ2) is 6.60. The molecular formula is C15H29NO3. The van der Waals surface area contributed by atoms with Gasteiger partial charge in [-0.1, -0.05) is 13.8 Å². The molecule has 2 atom stereocenters. The normalized spacial score (nSPS) is 21.8. The van der Waals surface area contributed by atoms with Crippen molar-refractivity contribution in [1.29, 1.82) is 0 Å². The minimum atomic E-state index is -0.443. The highest BCUT2D eigenvalue weighted by Crippen LogP contribution is 2.25. The fourth-order valence-electron chi connectivity index (χ4n) is 2.39. The topological polar surface area (TPSA) is 49.8 Å². The Kier molecular flexibility index (Phi) is 5.65. The number of likely N-dealkylation sites (tertiary alicyclic amines) is 1. The van der Waals surface area contributed by atoms with Crippen LogP contribution in [0.25, 0.3) is 0 Å². The van der Waals surface area contributed by atoms with E-state index in [2.05, 4.69) is 0 Å². The van der Waals surface area contributed by atoms with E-state index >= 15 is 0 Å². The SMILES string of the molecule is CC(C)[C@@H](O)CC[C@@H]1CCCN1C(=O)OC(C)(C)C. The van der Waals surface area contributed by atoms with Gasteiger partial charge in [0.05, 0.1) is 6.10 Å². The zero-order valence-electron chi connectivity index (χ0n) is 13.0. The van der Waals surface area contributed by atoms with E-state index in [4.69, 9.17) is 4.74 Å². The Morgan fingerprint density at radius 1 is 1.42 bits per heavy atom. The minimum absolute atomic E-state index is 0.214. The van der Waals surface area contributed by atoms with Gasteiger partial charge in [-0.2, -0.15) is 0 Å². The fourth-order valence-corrected chi connectivity index (χ4v) is 2.39. The van der Waals surface area contributed by atoms with Crippen molar-refractivity contribution in [2.45, 2.75) is 78.0 Å². The molecule has 0 bridgehead atoms. The lowest BCUT2D eigenvalue weighted by atomic mass is 9.99. The molecular weight excluding hydrogens is 242 g/mol. The van der Waals surface area contributed by atoms with Crippen LogP contribution in [0.1, 0.15) is 60.3 Å². The van der Waals surface area contributed by atoms with E-state index in [1.54, 1.807) is 0 Å². The van der Waals surface area contributed by atoms with Gasteiger partial charge in [-0.15, -0.1) is 0 Å². The number of ether oxygens (including phenoxy) is 1. The van der Waals surface area contributed by atoms with Crippen LogP contribution in [0.5, 0.6) is 0 Å². The summed E-state index contributed by atoms with van der Waals surface area (Å²) < 4.78 is 5.43. The van der Waals surface area contributed by atoms with Gasteiger partial charge in [0.2, 0.25) is 0 Å². The molecule has 19 heavy (non-hydrogen) atoms. The molecule has 1 saturated heterocycles. The average Bonchev–Trinajstić information content (AvgIpc) is 2.71. The number of carbonyl (C=O) groups is 1. The Bertz CT molecular complexity index is 296. The van der Waals surface area contributed by atoms with E-state index < -0.39 is 5.60 Å². The predicted molar refractivity (Wildman–Crippen MR) is 76.0 cm³/mol. The largest absolute Gasteiger partial charge is 0.444 e. The summed E-state index contributed by atoms with van der Waals surface area (Å²) in [4.78, 5) is 13.9. The number of rotatable bonds is 4. The fraction of sp³-hybridized carbons (Fsp3) is 0.933. The van der Waals surface area contributed by atoms with Crippen molar-refractivity contribution in [2.24, 2.45) is 5.92 Å². The molecule has 1 rings (SSSR count). The summed E-state index contributed by atoms with van der Waals surface area (Å²) in [6.07, 6.45) is 3.17. The first-order valence-electron chi connectivity index (χ1n) is 7.38. The van der Waals surface area contributed by atoms with Gasteiger partial charge < -0.3 is 14.7 Å². The molecule has 0 aliphatic carbocycles. The second-order valence-corrected chi connectivity index (χ2v) is 6.86. The van der Waals surface area contributed by atoms with Gasteiger partial charge in [-0.25, -0.2) is 4.79 Å². The van der Waals surface area contributed by atoms with Crippen LogP contribution in [0.2, 0.25) is 0 Å². The number of hydrogen-bond acceptors (Lipinski definition) is 3. The molecule has 0 aromatic carbocycles. The lowest BCUT2D eigenvalue weighted by molar-refractivity contribution is 0.0200. The van der Waals surface area contributed by atoms with E-state index in [-0.39, 0.29) is 24.2 Å². The molecule has 0 spiro atoms. The molecule has 1 heterocycles. The highest BCUT2D eigenvalue weighted by Gasteiger charge is 2.32. The van der Waals surface area contributed by atoms with E-state index in [0.717, 1.165) is 32.2 Å². The summed E-state index contributed by atoms with van der Waals surface area (Å²) in [6, 6.07) is 0.225. The molecule has 0 aromatic heterocycles. The van der Waals surface area contributed by atoms with Crippen LogP contribution in [0.3, 0.4) is 0 Å². The molecule has 4 nitrogen and oxygen atoms in total. The summed E-state index contributed by atoms with van der Waals surface area (Å²) in [5.41, 5.74) is -0.443. The van der Waals surface area contributed by atoms with Crippen LogP contribution in [-0.4, -0.2) is 40.4 Å². The second-order valence-electron chi connectivity index (χ2n) is 6.86. The molecule has 112 valence electrons. The molecule has 0 aromatic rings. The monoisotopic (exact) mass is 271 g/mol. The standard InChI is InChI=1S/C15H29NO3/c1-11(2)13(17)9-8-12-7-6-10-16(12)14(18)19-15(3,4)5/h11-13,17H,6-10H2,1-5H3/t12-,13-/m0/s1. The Morgan fingerprint density at radius 3 is 2.58 bits per heavy atom.